The van der Waals surface area contributed by atoms with Crippen LogP contribution in [0, 0.1) is 7.14 Å². The maximum absolute atomic E-state index is 13.0. The minimum atomic E-state index is -0.435. The summed E-state index contributed by atoms with van der Waals surface area (Å²) in [6.07, 6.45) is 2.48. The van der Waals surface area contributed by atoms with E-state index in [0.29, 0.717) is 24.6 Å². The highest BCUT2D eigenvalue weighted by Gasteiger charge is 2.37. The van der Waals surface area contributed by atoms with Gasteiger partial charge in [-0.2, -0.15) is 0 Å². The second kappa shape index (κ2) is 11.6. The van der Waals surface area contributed by atoms with Crippen LogP contribution in [-0.2, 0) is 29.2 Å². The van der Waals surface area contributed by atoms with E-state index in [4.69, 9.17) is 4.74 Å². The van der Waals surface area contributed by atoms with Crippen LogP contribution in [0.5, 0.6) is 5.75 Å². The van der Waals surface area contributed by atoms with Gasteiger partial charge in [0.2, 0.25) is 5.91 Å². The molecule has 5 rings (SSSR count). The average Bonchev–Trinajstić information content (AvgIpc) is 3.15. The van der Waals surface area contributed by atoms with Gasteiger partial charge in [-0.25, -0.2) is 0 Å². The summed E-state index contributed by atoms with van der Waals surface area (Å²) < 4.78 is 7.86. The maximum atomic E-state index is 13.0. The number of carbonyl (C=O) groups is 3. The predicted molar refractivity (Wildman–Crippen MR) is 161 cm³/mol. The minimum Gasteiger partial charge on any atom is -0.487 e. The number of nitrogens with zero attached hydrogens (tertiary/aromatic N) is 2. The van der Waals surface area contributed by atoms with Gasteiger partial charge in [-0.15, -0.1) is 0 Å². The van der Waals surface area contributed by atoms with E-state index in [1.807, 2.05) is 60.7 Å². The first-order valence-electron chi connectivity index (χ1n) is 11.6. The molecule has 3 aromatic rings. The molecule has 3 amide bonds. The Bertz CT molecular complexity index is 1390. The van der Waals surface area contributed by atoms with E-state index in [2.05, 4.69) is 51.2 Å². The Labute approximate surface area is 246 Å². The largest absolute Gasteiger partial charge is 0.487 e. The second-order valence-corrected chi connectivity index (χ2v) is 12.0. The summed E-state index contributed by atoms with van der Waals surface area (Å²) in [5.74, 6) is 0.126. The molecule has 1 fully saturated rings. The van der Waals surface area contributed by atoms with E-state index < -0.39 is 11.1 Å². The first kappa shape index (κ1) is 26.2. The maximum Gasteiger partial charge on any atom is 0.294 e. The van der Waals surface area contributed by atoms with Crippen LogP contribution >= 0.6 is 56.9 Å². The average molecular weight is 736 g/mol. The van der Waals surface area contributed by atoms with Crippen molar-refractivity contribution in [2.45, 2.75) is 19.6 Å². The molecule has 0 spiro atoms. The molecule has 2 heterocycles. The lowest BCUT2D eigenvalue weighted by Gasteiger charge is -2.29. The molecular weight excluding hydrogens is 714 g/mol. The Balaban J connectivity index is 1.26. The zero-order valence-electron chi connectivity index (χ0n) is 19.7. The van der Waals surface area contributed by atoms with Gasteiger partial charge in [0.25, 0.3) is 11.1 Å². The fourth-order valence-electron chi connectivity index (χ4n) is 4.26. The molecule has 3 aromatic carbocycles. The van der Waals surface area contributed by atoms with Crippen LogP contribution in [-0.4, -0.2) is 39.9 Å². The zero-order chi connectivity index (χ0) is 25.9. The Kier molecular flexibility index (Phi) is 8.20. The summed E-state index contributed by atoms with van der Waals surface area (Å²) in [4.78, 5) is 41.7. The van der Waals surface area contributed by atoms with E-state index in [9.17, 15) is 14.4 Å². The Morgan fingerprint density at radius 2 is 1.65 bits per heavy atom. The van der Waals surface area contributed by atoms with Gasteiger partial charge in [-0.3, -0.25) is 19.3 Å². The van der Waals surface area contributed by atoms with Gasteiger partial charge in [0, 0.05) is 13.1 Å². The number of hydrogen-bond donors (Lipinski definition) is 0. The molecule has 0 unspecified atom stereocenters. The van der Waals surface area contributed by atoms with Crippen LogP contribution in [0.2, 0.25) is 0 Å². The molecule has 0 aliphatic carbocycles. The van der Waals surface area contributed by atoms with E-state index in [0.717, 1.165) is 52.7 Å². The van der Waals surface area contributed by atoms with Gasteiger partial charge >= 0.3 is 0 Å². The number of amides is 3. The van der Waals surface area contributed by atoms with Crippen molar-refractivity contribution in [3.8, 4) is 5.75 Å². The SMILES string of the molecule is O=C(CN1C(=O)S/C(=C/c2cc(I)c(OCc3ccccc3)c(I)c2)C1=O)N1CCc2ccccc2C1. The topological polar surface area (TPSA) is 66.9 Å². The summed E-state index contributed by atoms with van der Waals surface area (Å²) in [5.41, 5.74) is 4.22. The Morgan fingerprint density at radius 1 is 0.973 bits per heavy atom. The van der Waals surface area contributed by atoms with Gasteiger partial charge in [0.1, 0.15) is 18.9 Å². The highest BCUT2D eigenvalue weighted by molar-refractivity contribution is 14.1. The van der Waals surface area contributed by atoms with Crippen molar-refractivity contribution in [2.24, 2.45) is 0 Å². The fraction of sp³-hybridized carbons (Fsp3) is 0.179. The van der Waals surface area contributed by atoms with Crippen LogP contribution in [0.15, 0.2) is 71.6 Å². The lowest BCUT2D eigenvalue weighted by atomic mass is 10.00. The summed E-state index contributed by atoms with van der Waals surface area (Å²) in [6, 6.07) is 21.8. The lowest BCUT2D eigenvalue weighted by molar-refractivity contribution is -0.136. The summed E-state index contributed by atoms with van der Waals surface area (Å²) in [6.45, 7) is 1.29. The van der Waals surface area contributed by atoms with Gasteiger partial charge in [-0.1, -0.05) is 54.6 Å². The second-order valence-electron chi connectivity index (χ2n) is 8.69. The smallest absolute Gasteiger partial charge is 0.294 e. The van der Waals surface area contributed by atoms with Crippen LogP contribution in [0.3, 0.4) is 0 Å². The summed E-state index contributed by atoms with van der Waals surface area (Å²) >= 11 is 5.30. The highest BCUT2D eigenvalue weighted by Crippen LogP contribution is 2.35. The fourth-order valence-corrected chi connectivity index (χ4v) is 7.23. The zero-order valence-corrected chi connectivity index (χ0v) is 24.8. The first-order valence-corrected chi connectivity index (χ1v) is 14.6. The van der Waals surface area contributed by atoms with Crippen molar-refractivity contribution in [1.82, 2.24) is 9.80 Å². The van der Waals surface area contributed by atoms with Gasteiger partial charge in [-0.05, 0) is 104 Å². The number of carbonyl (C=O) groups excluding carboxylic acids is 3. The van der Waals surface area contributed by atoms with E-state index in [1.54, 1.807) is 11.0 Å². The first-order chi connectivity index (χ1) is 17.9. The molecule has 0 bridgehead atoms. The number of ether oxygens (including phenoxy) is 1. The standard InChI is InChI=1S/C28H22I2N2O4S/c29-22-12-19(13-23(30)26(22)36-17-18-6-2-1-3-7-18)14-24-27(34)32(28(35)37-24)16-25(33)31-11-10-20-8-4-5-9-21(20)15-31/h1-9,12-14H,10-11,15-17H2/b24-14+. The molecule has 2 aliphatic heterocycles. The molecule has 0 N–H and O–H groups in total. The molecule has 37 heavy (non-hydrogen) atoms. The highest BCUT2D eigenvalue weighted by atomic mass is 127. The number of thioether (sulfide) groups is 1. The van der Waals surface area contributed by atoms with Crippen molar-refractivity contribution < 1.29 is 19.1 Å². The summed E-state index contributed by atoms with van der Waals surface area (Å²) in [5, 5.41) is -0.422. The molecule has 0 atom stereocenters. The predicted octanol–water partition coefficient (Wildman–Crippen LogP) is 6.10. The number of rotatable bonds is 6. The van der Waals surface area contributed by atoms with E-state index in [1.165, 1.54) is 5.56 Å². The van der Waals surface area contributed by atoms with Gasteiger partial charge < -0.3 is 9.64 Å². The van der Waals surface area contributed by atoms with Crippen LogP contribution in [0.4, 0.5) is 4.79 Å². The molecule has 0 radical (unpaired) electrons. The molecule has 6 nitrogen and oxygen atoms in total. The minimum absolute atomic E-state index is 0.220. The number of halogens is 2. The van der Waals surface area contributed by atoms with Crippen molar-refractivity contribution in [1.29, 1.82) is 0 Å². The Hall–Kier alpha value is -2.38. The van der Waals surface area contributed by atoms with Gasteiger partial charge in [0.05, 0.1) is 12.0 Å². The number of imide groups is 1. The quantitative estimate of drug-likeness (QED) is 0.227. The van der Waals surface area contributed by atoms with Crippen LogP contribution < -0.4 is 4.74 Å². The number of fused-ring (bicyclic) bond motifs is 1. The molecule has 188 valence electrons. The molecule has 1 saturated heterocycles. The number of benzene rings is 3. The third kappa shape index (κ3) is 6.04. The monoisotopic (exact) mass is 736 g/mol. The molecule has 0 aromatic heterocycles. The van der Waals surface area contributed by atoms with Crippen molar-refractivity contribution in [2.75, 3.05) is 13.1 Å². The van der Waals surface area contributed by atoms with E-state index in [-0.39, 0.29) is 12.5 Å². The third-order valence-corrected chi connectivity index (χ3v) is 8.70. The summed E-state index contributed by atoms with van der Waals surface area (Å²) in [7, 11) is 0. The Morgan fingerprint density at radius 3 is 2.38 bits per heavy atom. The molecular formula is C28H22I2N2O4S. The van der Waals surface area contributed by atoms with Crippen molar-refractivity contribution in [3.05, 3.63) is 101 Å². The van der Waals surface area contributed by atoms with Crippen LogP contribution in [0.1, 0.15) is 22.3 Å². The van der Waals surface area contributed by atoms with Crippen LogP contribution in [0.25, 0.3) is 6.08 Å². The normalized spacial score (nSPS) is 16.3. The molecule has 0 saturated carbocycles. The van der Waals surface area contributed by atoms with Crippen molar-refractivity contribution in [3.63, 3.8) is 0 Å². The number of hydrogen-bond acceptors (Lipinski definition) is 5. The lowest BCUT2D eigenvalue weighted by Crippen LogP contribution is -2.44. The van der Waals surface area contributed by atoms with E-state index >= 15 is 0 Å². The molecule has 2 aliphatic rings. The molecule has 9 heteroatoms. The third-order valence-electron chi connectivity index (χ3n) is 6.19. The van der Waals surface area contributed by atoms with Gasteiger partial charge in [0.15, 0.2) is 0 Å². The van der Waals surface area contributed by atoms with Crippen molar-refractivity contribution >= 4 is 80.1 Å².